The van der Waals surface area contributed by atoms with E-state index in [9.17, 15) is 9.59 Å². The fraction of sp³-hybridized carbons (Fsp3) is 0.444. The van der Waals surface area contributed by atoms with E-state index in [1.807, 2.05) is 0 Å². The van der Waals surface area contributed by atoms with Crippen LogP contribution in [0.3, 0.4) is 0 Å². The monoisotopic (exact) mass is 212 g/mol. The first-order valence-corrected chi connectivity index (χ1v) is 4.48. The summed E-state index contributed by atoms with van der Waals surface area (Å²) in [7, 11) is 0. The number of nitrogens with one attached hydrogen (secondary N) is 1. The minimum absolute atomic E-state index is 0.0750. The third-order valence-corrected chi connectivity index (χ3v) is 1.86. The molecule has 15 heavy (non-hydrogen) atoms. The summed E-state index contributed by atoms with van der Waals surface area (Å²) in [5, 5.41) is 14.5. The summed E-state index contributed by atoms with van der Waals surface area (Å²) >= 11 is 0. The van der Waals surface area contributed by atoms with E-state index in [0.29, 0.717) is 11.3 Å². The molecule has 0 atom stereocenters. The van der Waals surface area contributed by atoms with Crippen molar-refractivity contribution < 1.29 is 19.2 Å². The lowest BCUT2D eigenvalue weighted by atomic mass is 10.2. The highest BCUT2D eigenvalue weighted by Gasteiger charge is 2.08. The van der Waals surface area contributed by atoms with Gasteiger partial charge in [-0.15, -0.1) is 0 Å². The molecule has 0 bridgehead atoms. The van der Waals surface area contributed by atoms with Gasteiger partial charge in [-0.2, -0.15) is 0 Å². The molecule has 1 amide bonds. The quantitative estimate of drug-likeness (QED) is 0.723. The number of carbonyl (C=O) groups is 2. The number of rotatable bonds is 5. The van der Waals surface area contributed by atoms with Crippen LogP contribution in [-0.4, -0.2) is 28.7 Å². The van der Waals surface area contributed by atoms with Crippen molar-refractivity contribution in [1.29, 1.82) is 0 Å². The highest BCUT2D eigenvalue weighted by molar-refractivity contribution is 5.79. The normalized spacial score (nSPS) is 9.93. The molecular weight excluding hydrogens is 200 g/mol. The molecular formula is C9H12N2O4. The molecule has 82 valence electrons. The summed E-state index contributed by atoms with van der Waals surface area (Å²) < 4.78 is 4.66. The van der Waals surface area contributed by atoms with E-state index < -0.39 is 5.97 Å². The van der Waals surface area contributed by atoms with E-state index in [1.54, 1.807) is 6.92 Å². The Balaban J connectivity index is 2.31. The number of carboxylic acid groups (broad SMARTS) is 1. The van der Waals surface area contributed by atoms with Crippen molar-refractivity contribution in [2.45, 2.75) is 19.8 Å². The standard InChI is InChI=1S/C9H12N2O4/c1-6-7(5-15-11-6)4-8(12)10-3-2-9(13)14/h5H,2-4H2,1H3,(H,10,12)(H,13,14). The Hall–Kier alpha value is -1.85. The van der Waals surface area contributed by atoms with Crippen LogP contribution in [0.4, 0.5) is 0 Å². The van der Waals surface area contributed by atoms with Gasteiger partial charge in [-0.25, -0.2) is 0 Å². The molecule has 0 spiro atoms. The molecule has 0 aliphatic rings. The van der Waals surface area contributed by atoms with Crippen molar-refractivity contribution in [3.63, 3.8) is 0 Å². The lowest BCUT2D eigenvalue weighted by Crippen LogP contribution is -2.27. The van der Waals surface area contributed by atoms with E-state index in [0.717, 1.165) is 0 Å². The van der Waals surface area contributed by atoms with Gasteiger partial charge in [0.2, 0.25) is 5.91 Å². The van der Waals surface area contributed by atoms with Crippen molar-refractivity contribution in [2.75, 3.05) is 6.54 Å². The van der Waals surface area contributed by atoms with Crippen molar-refractivity contribution in [3.8, 4) is 0 Å². The molecule has 0 aliphatic heterocycles. The third kappa shape index (κ3) is 3.80. The number of hydrogen-bond donors (Lipinski definition) is 2. The number of carboxylic acids is 1. The Kier molecular flexibility index (Phi) is 3.84. The molecule has 0 unspecified atom stereocenters. The predicted molar refractivity (Wildman–Crippen MR) is 50.2 cm³/mol. The van der Waals surface area contributed by atoms with E-state index in [2.05, 4.69) is 15.0 Å². The van der Waals surface area contributed by atoms with Crippen LogP contribution in [0.5, 0.6) is 0 Å². The Labute approximate surface area is 86.3 Å². The molecule has 0 saturated carbocycles. The first kappa shape index (κ1) is 11.2. The molecule has 6 heteroatoms. The second-order valence-electron chi connectivity index (χ2n) is 3.10. The molecule has 2 N–H and O–H groups in total. The molecule has 1 aromatic heterocycles. The number of carbonyl (C=O) groups excluding carboxylic acids is 1. The van der Waals surface area contributed by atoms with Crippen molar-refractivity contribution in [1.82, 2.24) is 10.5 Å². The number of aliphatic carboxylic acids is 1. The van der Waals surface area contributed by atoms with Crippen molar-refractivity contribution in [2.24, 2.45) is 0 Å². The Morgan fingerprint density at radius 3 is 2.87 bits per heavy atom. The average molecular weight is 212 g/mol. The Morgan fingerprint density at radius 2 is 2.33 bits per heavy atom. The zero-order chi connectivity index (χ0) is 11.3. The smallest absolute Gasteiger partial charge is 0.305 e. The summed E-state index contributed by atoms with van der Waals surface area (Å²) in [6, 6.07) is 0. The largest absolute Gasteiger partial charge is 0.481 e. The van der Waals surface area contributed by atoms with Crippen LogP contribution in [0.2, 0.25) is 0 Å². The second kappa shape index (κ2) is 5.14. The fourth-order valence-corrected chi connectivity index (χ4v) is 1.03. The average Bonchev–Trinajstić information content (AvgIpc) is 2.51. The lowest BCUT2D eigenvalue weighted by Gasteiger charge is -2.01. The molecule has 0 aliphatic carbocycles. The van der Waals surface area contributed by atoms with Crippen LogP contribution in [0.25, 0.3) is 0 Å². The first-order valence-electron chi connectivity index (χ1n) is 4.48. The molecule has 1 heterocycles. The summed E-state index contributed by atoms with van der Waals surface area (Å²) in [5.74, 6) is -1.17. The van der Waals surface area contributed by atoms with Crippen molar-refractivity contribution in [3.05, 3.63) is 17.5 Å². The van der Waals surface area contributed by atoms with Gasteiger partial charge in [-0.05, 0) is 6.92 Å². The molecule has 0 fully saturated rings. The van der Waals surface area contributed by atoms with E-state index in [1.165, 1.54) is 6.26 Å². The van der Waals surface area contributed by atoms with Crippen LogP contribution >= 0.6 is 0 Å². The Morgan fingerprint density at radius 1 is 1.60 bits per heavy atom. The third-order valence-electron chi connectivity index (χ3n) is 1.86. The minimum atomic E-state index is -0.934. The molecule has 6 nitrogen and oxygen atoms in total. The zero-order valence-corrected chi connectivity index (χ0v) is 8.32. The summed E-state index contributed by atoms with van der Waals surface area (Å²) in [6.07, 6.45) is 1.50. The van der Waals surface area contributed by atoms with Crippen LogP contribution in [-0.2, 0) is 16.0 Å². The van der Waals surface area contributed by atoms with Gasteiger partial charge < -0.3 is 14.9 Å². The maximum Gasteiger partial charge on any atom is 0.305 e. The topological polar surface area (TPSA) is 92.4 Å². The maximum atomic E-state index is 11.3. The number of hydrogen-bond acceptors (Lipinski definition) is 4. The summed E-state index contributed by atoms with van der Waals surface area (Å²) in [6.45, 7) is 1.88. The fourth-order valence-electron chi connectivity index (χ4n) is 1.03. The highest BCUT2D eigenvalue weighted by Crippen LogP contribution is 2.05. The van der Waals surface area contributed by atoms with Crippen molar-refractivity contribution >= 4 is 11.9 Å². The summed E-state index contributed by atoms with van der Waals surface area (Å²) in [4.78, 5) is 21.4. The van der Waals surface area contributed by atoms with Crippen LogP contribution in [0.1, 0.15) is 17.7 Å². The summed E-state index contributed by atoms with van der Waals surface area (Å²) in [5.41, 5.74) is 1.38. The van der Waals surface area contributed by atoms with Crippen LogP contribution < -0.4 is 5.32 Å². The number of nitrogens with zero attached hydrogens (tertiary/aromatic N) is 1. The second-order valence-corrected chi connectivity index (χ2v) is 3.10. The van der Waals surface area contributed by atoms with Gasteiger partial charge in [0, 0.05) is 12.1 Å². The highest BCUT2D eigenvalue weighted by atomic mass is 16.5. The number of amides is 1. The van der Waals surface area contributed by atoms with Crippen LogP contribution in [0.15, 0.2) is 10.8 Å². The van der Waals surface area contributed by atoms with Gasteiger partial charge in [0.05, 0.1) is 18.5 Å². The first-order chi connectivity index (χ1) is 7.09. The van der Waals surface area contributed by atoms with Gasteiger partial charge in [-0.1, -0.05) is 5.16 Å². The van der Waals surface area contributed by atoms with Gasteiger partial charge in [0.1, 0.15) is 6.26 Å². The van der Waals surface area contributed by atoms with Gasteiger partial charge in [0.25, 0.3) is 0 Å². The number of aryl methyl sites for hydroxylation is 1. The maximum absolute atomic E-state index is 11.3. The van der Waals surface area contributed by atoms with E-state index in [-0.39, 0.29) is 25.3 Å². The molecule has 0 saturated heterocycles. The minimum Gasteiger partial charge on any atom is -0.481 e. The molecule has 0 radical (unpaired) electrons. The lowest BCUT2D eigenvalue weighted by molar-refractivity contribution is -0.136. The van der Waals surface area contributed by atoms with Crippen LogP contribution in [0, 0.1) is 6.92 Å². The molecule has 0 aromatic carbocycles. The number of aromatic nitrogens is 1. The van der Waals surface area contributed by atoms with Gasteiger partial charge >= 0.3 is 5.97 Å². The zero-order valence-electron chi connectivity index (χ0n) is 8.32. The SMILES string of the molecule is Cc1nocc1CC(=O)NCCC(=O)O. The molecule has 1 aromatic rings. The van der Waals surface area contributed by atoms with Gasteiger partial charge in [-0.3, -0.25) is 9.59 Å². The molecule has 1 rings (SSSR count). The van der Waals surface area contributed by atoms with E-state index in [4.69, 9.17) is 5.11 Å². The van der Waals surface area contributed by atoms with Gasteiger partial charge in [0.15, 0.2) is 0 Å². The predicted octanol–water partition coefficient (Wildman–Crippen LogP) is 0.116. The van der Waals surface area contributed by atoms with E-state index >= 15 is 0 Å². The Bertz CT molecular complexity index is 359.